The lowest BCUT2D eigenvalue weighted by Crippen LogP contribution is -2.30. The van der Waals surface area contributed by atoms with Gasteiger partial charge in [-0.3, -0.25) is 14.4 Å². The zero-order valence-corrected chi connectivity index (χ0v) is 46.7. The van der Waals surface area contributed by atoms with Gasteiger partial charge in [0.1, 0.15) is 13.2 Å². The quantitative estimate of drug-likeness (QED) is 0.0343. The number of hydrogen-bond acceptors (Lipinski definition) is 6. The molecular weight excluding hydrogens is 841 g/mol. The number of esters is 3. The smallest absolute Gasteiger partial charge is 0.306 e. The summed E-state index contributed by atoms with van der Waals surface area (Å²) in [5, 5.41) is 0. The molecule has 0 aliphatic carbocycles. The molecule has 0 aromatic rings. The van der Waals surface area contributed by atoms with Crippen LogP contribution in [0, 0.1) is 11.8 Å². The second kappa shape index (κ2) is 54.7. The van der Waals surface area contributed by atoms with Gasteiger partial charge in [-0.25, -0.2) is 0 Å². The molecule has 0 bridgehead atoms. The van der Waals surface area contributed by atoms with Gasteiger partial charge in [0, 0.05) is 19.3 Å². The molecule has 0 unspecified atom stereocenters. The lowest BCUT2D eigenvalue weighted by atomic mass is 10.0. The molecule has 6 heteroatoms. The van der Waals surface area contributed by atoms with E-state index in [1.54, 1.807) is 0 Å². The highest BCUT2D eigenvalue weighted by Gasteiger charge is 2.19. The van der Waals surface area contributed by atoms with Gasteiger partial charge in [-0.1, -0.05) is 311 Å². The first-order chi connectivity index (χ1) is 33.2. The molecule has 0 heterocycles. The number of hydrogen-bond donors (Lipinski definition) is 0. The maximum absolute atomic E-state index is 12.9. The van der Waals surface area contributed by atoms with E-state index in [2.05, 4.69) is 34.6 Å². The van der Waals surface area contributed by atoms with Crippen molar-refractivity contribution in [3.63, 3.8) is 0 Å². The first-order valence-corrected chi connectivity index (χ1v) is 30.7. The number of rotatable bonds is 56. The third-order valence-electron chi connectivity index (χ3n) is 14.2. The van der Waals surface area contributed by atoms with E-state index in [-0.39, 0.29) is 31.1 Å². The van der Waals surface area contributed by atoms with Crippen LogP contribution in [-0.4, -0.2) is 37.2 Å². The third kappa shape index (κ3) is 55.3. The van der Waals surface area contributed by atoms with Gasteiger partial charge < -0.3 is 14.2 Å². The van der Waals surface area contributed by atoms with Crippen molar-refractivity contribution in [3.05, 3.63) is 0 Å². The Morgan fingerprint density at radius 1 is 0.279 bits per heavy atom. The fraction of sp³-hybridized carbons (Fsp3) is 0.952. The first-order valence-electron chi connectivity index (χ1n) is 30.7. The first kappa shape index (κ1) is 66.4. The van der Waals surface area contributed by atoms with Crippen molar-refractivity contribution in [2.75, 3.05) is 13.2 Å². The molecular formula is C62H120O6. The van der Waals surface area contributed by atoms with Crippen molar-refractivity contribution in [1.82, 2.24) is 0 Å². The van der Waals surface area contributed by atoms with E-state index in [0.717, 1.165) is 69.6 Å². The molecule has 0 saturated heterocycles. The molecule has 0 aromatic heterocycles. The van der Waals surface area contributed by atoms with E-state index >= 15 is 0 Å². The molecule has 0 aliphatic heterocycles. The summed E-state index contributed by atoms with van der Waals surface area (Å²) >= 11 is 0. The Labute approximate surface area is 425 Å². The summed E-state index contributed by atoms with van der Waals surface area (Å²) in [6.07, 6.45) is 59.5. The van der Waals surface area contributed by atoms with Gasteiger partial charge in [-0.05, 0) is 31.1 Å². The van der Waals surface area contributed by atoms with Crippen LogP contribution in [0.2, 0.25) is 0 Å². The molecule has 68 heavy (non-hydrogen) atoms. The Bertz CT molecular complexity index is 1040. The van der Waals surface area contributed by atoms with Crippen LogP contribution < -0.4 is 0 Å². The standard InChI is InChI=1S/C62H120O6/c1-6-7-8-9-10-11-12-13-14-15-16-17-21-27-32-37-42-47-52-60(63)66-55-59(56-67-61(64)53-48-43-38-33-28-24-23-26-31-36-41-46-51-58(4)5)68-62(65)54-49-44-39-34-29-22-19-18-20-25-30-35-40-45-50-57(2)3/h57-59H,6-56H2,1-5H3/t59-/m0/s1. The van der Waals surface area contributed by atoms with Crippen molar-refractivity contribution in [3.8, 4) is 0 Å². The van der Waals surface area contributed by atoms with Crippen LogP contribution in [0.4, 0.5) is 0 Å². The van der Waals surface area contributed by atoms with Crippen LogP contribution >= 0.6 is 0 Å². The Morgan fingerprint density at radius 3 is 0.721 bits per heavy atom. The van der Waals surface area contributed by atoms with Gasteiger partial charge in [0.2, 0.25) is 0 Å². The molecule has 0 saturated carbocycles. The summed E-state index contributed by atoms with van der Waals surface area (Å²) in [6, 6.07) is 0. The Morgan fingerprint density at radius 2 is 0.485 bits per heavy atom. The Hall–Kier alpha value is -1.59. The lowest BCUT2D eigenvalue weighted by Gasteiger charge is -2.18. The van der Waals surface area contributed by atoms with Gasteiger partial charge >= 0.3 is 17.9 Å². The second-order valence-corrected chi connectivity index (χ2v) is 22.3. The van der Waals surface area contributed by atoms with Crippen molar-refractivity contribution < 1.29 is 28.6 Å². The maximum atomic E-state index is 12.9. The summed E-state index contributed by atoms with van der Waals surface area (Å²) < 4.78 is 16.9. The Kier molecular flexibility index (Phi) is 53.5. The van der Waals surface area contributed by atoms with Gasteiger partial charge in [0.05, 0.1) is 0 Å². The van der Waals surface area contributed by atoms with Crippen LogP contribution in [-0.2, 0) is 28.6 Å². The molecule has 404 valence electrons. The second-order valence-electron chi connectivity index (χ2n) is 22.3. The minimum absolute atomic E-state index is 0.0622. The summed E-state index contributed by atoms with van der Waals surface area (Å²) in [5.41, 5.74) is 0. The number of ether oxygens (including phenoxy) is 3. The lowest BCUT2D eigenvalue weighted by molar-refractivity contribution is -0.167. The molecule has 0 radical (unpaired) electrons. The van der Waals surface area contributed by atoms with Crippen molar-refractivity contribution in [1.29, 1.82) is 0 Å². The topological polar surface area (TPSA) is 78.9 Å². The van der Waals surface area contributed by atoms with E-state index in [1.807, 2.05) is 0 Å². The van der Waals surface area contributed by atoms with Crippen molar-refractivity contribution >= 4 is 17.9 Å². The minimum Gasteiger partial charge on any atom is -0.462 e. The molecule has 0 aromatic carbocycles. The number of carbonyl (C=O) groups excluding carboxylic acids is 3. The maximum Gasteiger partial charge on any atom is 0.306 e. The molecule has 0 N–H and O–H groups in total. The Balaban J connectivity index is 4.29. The molecule has 0 amide bonds. The number of carbonyl (C=O) groups is 3. The van der Waals surface area contributed by atoms with Gasteiger partial charge in [-0.2, -0.15) is 0 Å². The van der Waals surface area contributed by atoms with E-state index in [4.69, 9.17) is 14.2 Å². The zero-order valence-electron chi connectivity index (χ0n) is 46.7. The van der Waals surface area contributed by atoms with E-state index in [0.29, 0.717) is 19.3 Å². The largest absolute Gasteiger partial charge is 0.462 e. The van der Waals surface area contributed by atoms with E-state index < -0.39 is 6.10 Å². The van der Waals surface area contributed by atoms with Crippen LogP contribution in [0.5, 0.6) is 0 Å². The van der Waals surface area contributed by atoms with Crippen LogP contribution in [0.3, 0.4) is 0 Å². The normalized spacial score (nSPS) is 12.0. The predicted octanol–water partition coefficient (Wildman–Crippen LogP) is 20.4. The van der Waals surface area contributed by atoms with Crippen molar-refractivity contribution in [2.24, 2.45) is 11.8 Å². The van der Waals surface area contributed by atoms with E-state index in [1.165, 1.54) is 238 Å². The minimum atomic E-state index is -0.763. The summed E-state index contributed by atoms with van der Waals surface area (Å²) in [7, 11) is 0. The highest BCUT2D eigenvalue weighted by atomic mass is 16.6. The molecule has 0 fully saturated rings. The molecule has 0 rings (SSSR count). The molecule has 1 atom stereocenters. The van der Waals surface area contributed by atoms with Crippen LogP contribution in [0.25, 0.3) is 0 Å². The molecule has 0 spiro atoms. The SMILES string of the molecule is CCCCCCCCCCCCCCCCCCCCC(=O)OC[C@@H](COC(=O)CCCCCCCCCCCCCCC(C)C)OC(=O)CCCCCCCCCCCCCCCCC(C)C. The van der Waals surface area contributed by atoms with Crippen molar-refractivity contribution in [2.45, 2.75) is 355 Å². The average Bonchev–Trinajstić information content (AvgIpc) is 3.31. The summed E-state index contributed by atoms with van der Waals surface area (Å²) in [4.78, 5) is 38.2. The predicted molar refractivity (Wildman–Crippen MR) is 293 cm³/mol. The fourth-order valence-corrected chi connectivity index (χ4v) is 9.58. The van der Waals surface area contributed by atoms with Gasteiger partial charge in [-0.15, -0.1) is 0 Å². The zero-order chi connectivity index (χ0) is 49.6. The molecule has 0 aliphatic rings. The summed E-state index contributed by atoms with van der Waals surface area (Å²) in [5.74, 6) is 0.843. The van der Waals surface area contributed by atoms with Crippen LogP contribution in [0.15, 0.2) is 0 Å². The fourth-order valence-electron chi connectivity index (χ4n) is 9.58. The van der Waals surface area contributed by atoms with E-state index in [9.17, 15) is 14.4 Å². The average molecular weight is 962 g/mol. The van der Waals surface area contributed by atoms with Gasteiger partial charge in [0.25, 0.3) is 0 Å². The highest BCUT2D eigenvalue weighted by molar-refractivity contribution is 5.71. The number of unbranched alkanes of at least 4 members (excludes halogenated alkanes) is 41. The highest BCUT2D eigenvalue weighted by Crippen LogP contribution is 2.19. The van der Waals surface area contributed by atoms with Gasteiger partial charge in [0.15, 0.2) is 6.10 Å². The third-order valence-corrected chi connectivity index (χ3v) is 14.2. The summed E-state index contributed by atoms with van der Waals surface area (Å²) in [6.45, 7) is 11.4. The van der Waals surface area contributed by atoms with Crippen LogP contribution in [0.1, 0.15) is 349 Å². The monoisotopic (exact) mass is 961 g/mol. The molecule has 6 nitrogen and oxygen atoms in total.